The minimum atomic E-state index is -0.424. The van der Waals surface area contributed by atoms with Crippen LogP contribution in [-0.2, 0) is 6.54 Å². The molecule has 0 fully saturated rings. The molecule has 2 unspecified atom stereocenters. The average molecular weight is 259 g/mol. The second-order valence-corrected chi connectivity index (χ2v) is 4.73. The maximum atomic E-state index is 12.0. The Kier molecular flexibility index (Phi) is 5.02. The number of rotatable bonds is 5. The largest absolute Gasteiger partial charge is 0.393 e. The highest BCUT2D eigenvalue weighted by atomic mass is 35.5. The third-order valence-corrected chi connectivity index (χ3v) is 2.72. The van der Waals surface area contributed by atoms with Crippen molar-refractivity contribution >= 4 is 17.5 Å². The molecular weight excluding hydrogens is 240 g/mol. The second-order valence-electron chi connectivity index (χ2n) is 4.29. The van der Waals surface area contributed by atoms with Gasteiger partial charge in [0, 0.05) is 18.8 Å². The fourth-order valence-electron chi connectivity index (χ4n) is 1.80. The van der Waals surface area contributed by atoms with Gasteiger partial charge in [-0.05, 0) is 33.3 Å². The number of aryl methyl sites for hydroxylation is 1. The highest BCUT2D eigenvalue weighted by molar-refractivity contribution is 6.31. The van der Waals surface area contributed by atoms with E-state index in [1.807, 2.05) is 13.8 Å². The molecular formula is C12H19ClN2O2. The van der Waals surface area contributed by atoms with Crippen LogP contribution in [0, 0.1) is 0 Å². The van der Waals surface area contributed by atoms with Crippen LogP contribution in [0.5, 0.6) is 0 Å². The summed E-state index contributed by atoms with van der Waals surface area (Å²) >= 11 is 5.87. The molecule has 96 valence electrons. The Morgan fingerprint density at radius 1 is 1.59 bits per heavy atom. The predicted molar refractivity (Wildman–Crippen MR) is 68.3 cm³/mol. The third-order valence-electron chi connectivity index (χ3n) is 2.51. The summed E-state index contributed by atoms with van der Waals surface area (Å²) in [6.07, 6.45) is 1.84. The Morgan fingerprint density at radius 2 is 2.24 bits per heavy atom. The van der Waals surface area contributed by atoms with Crippen molar-refractivity contribution in [2.75, 3.05) is 0 Å². The molecule has 0 aliphatic heterocycles. The number of aromatic nitrogens is 1. The minimum absolute atomic E-state index is 0.0681. The SMILES string of the molecule is CCn1cc(Cl)cc1C(=O)NC(C)CC(C)O. The third kappa shape index (κ3) is 4.06. The van der Waals surface area contributed by atoms with Gasteiger partial charge in [0.2, 0.25) is 0 Å². The van der Waals surface area contributed by atoms with E-state index in [1.165, 1.54) is 0 Å². The summed E-state index contributed by atoms with van der Waals surface area (Å²) in [5.74, 6) is -0.160. The summed E-state index contributed by atoms with van der Waals surface area (Å²) in [5, 5.41) is 12.6. The molecule has 0 aliphatic rings. The first kappa shape index (κ1) is 14.1. The van der Waals surface area contributed by atoms with E-state index in [4.69, 9.17) is 11.6 Å². The highest BCUT2D eigenvalue weighted by Crippen LogP contribution is 2.14. The molecule has 17 heavy (non-hydrogen) atoms. The Labute approximate surface area is 107 Å². The molecule has 0 aromatic carbocycles. The van der Waals surface area contributed by atoms with E-state index in [-0.39, 0.29) is 11.9 Å². The van der Waals surface area contributed by atoms with Crippen LogP contribution in [0.3, 0.4) is 0 Å². The van der Waals surface area contributed by atoms with Crippen LogP contribution in [0.4, 0.5) is 0 Å². The summed E-state index contributed by atoms with van der Waals surface area (Å²) in [4.78, 5) is 12.0. The number of carbonyl (C=O) groups is 1. The topological polar surface area (TPSA) is 54.3 Å². The maximum absolute atomic E-state index is 12.0. The van der Waals surface area contributed by atoms with Crippen molar-refractivity contribution in [3.63, 3.8) is 0 Å². The minimum Gasteiger partial charge on any atom is -0.393 e. The average Bonchev–Trinajstić information content (AvgIpc) is 2.58. The van der Waals surface area contributed by atoms with Crippen molar-refractivity contribution in [1.29, 1.82) is 0 Å². The summed E-state index contributed by atoms with van der Waals surface area (Å²) in [6, 6.07) is 1.58. The van der Waals surface area contributed by atoms with Gasteiger partial charge >= 0.3 is 0 Å². The van der Waals surface area contributed by atoms with Crippen molar-refractivity contribution in [2.24, 2.45) is 0 Å². The van der Waals surface area contributed by atoms with Crippen LogP contribution in [0.25, 0.3) is 0 Å². The van der Waals surface area contributed by atoms with Gasteiger partial charge in [-0.25, -0.2) is 0 Å². The lowest BCUT2D eigenvalue weighted by atomic mass is 10.1. The monoisotopic (exact) mass is 258 g/mol. The number of carbonyl (C=O) groups excluding carboxylic acids is 1. The highest BCUT2D eigenvalue weighted by Gasteiger charge is 2.15. The Bertz CT molecular complexity index is 388. The van der Waals surface area contributed by atoms with Gasteiger partial charge in [-0.1, -0.05) is 11.6 Å². The lowest BCUT2D eigenvalue weighted by molar-refractivity contribution is 0.0914. The zero-order valence-corrected chi connectivity index (χ0v) is 11.2. The Balaban J connectivity index is 2.69. The molecule has 2 atom stereocenters. The number of aliphatic hydroxyl groups excluding tert-OH is 1. The van der Waals surface area contributed by atoms with E-state index in [0.29, 0.717) is 23.7 Å². The first-order valence-corrected chi connectivity index (χ1v) is 6.16. The molecule has 1 heterocycles. The first-order valence-electron chi connectivity index (χ1n) is 5.78. The predicted octanol–water partition coefficient (Wildman–Crippen LogP) is 2.05. The van der Waals surface area contributed by atoms with Gasteiger partial charge in [-0.3, -0.25) is 4.79 Å². The van der Waals surface area contributed by atoms with Gasteiger partial charge in [-0.2, -0.15) is 0 Å². The van der Waals surface area contributed by atoms with E-state index in [2.05, 4.69) is 5.32 Å². The van der Waals surface area contributed by atoms with Crippen molar-refractivity contribution < 1.29 is 9.90 Å². The van der Waals surface area contributed by atoms with Gasteiger partial charge in [0.15, 0.2) is 0 Å². The number of nitrogens with zero attached hydrogens (tertiary/aromatic N) is 1. The number of nitrogens with one attached hydrogen (secondary N) is 1. The van der Waals surface area contributed by atoms with Gasteiger partial charge in [-0.15, -0.1) is 0 Å². The molecule has 1 aromatic rings. The number of aliphatic hydroxyl groups is 1. The maximum Gasteiger partial charge on any atom is 0.268 e. The van der Waals surface area contributed by atoms with Gasteiger partial charge in [0.05, 0.1) is 11.1 Å². The van der Waals surface area contributed by atoms with Crippen LogP contribution in [0.1, 0.15) is 37.7 Å². The summed E-state index contributed by atoms with van der Waals surface area (Å²) < 4.78 is 1.80. The quantitative estimate of drug-likeness (QED) is 0.849. The number of hydrogen-bond donors (Lipinski definition) is 2. The molecule has 0 bridgehead atoms. The first-order chi connectivity index (χ1) is 7.93. The normalized spacial score (nSPS) is 14.4. The molecule has 0 aliphatic carbocycles. The van der Waals surface area contributed by atoms with Crippen LogP contribution in [0.2, 0.25) is 5.02 Å². The molecule has 2 N–H and O–H groups in total. The van der Waals surface area contributed by atoms with Crippen LogP contribution >= 0.6 is 11.6 Å². The van der Waals surface area contributed by atoms with Gasteiger partial charge in [0.1, 0.15) is 5.69 Å². The van der Waals surface area contributed by atoms with Crippen LogP contribution in [0.15, 0.2) is 12.3 Å². The fourth-order valence-corrected chi connectivity index (χ4v) is 2.02. The van der Waals surface area contributed by atoms with Gasteiger partial charge < -0.3 is 15.0 Å². The number of amides is 1. The smallest absolute Gasteiger partial charge is 0.268 e. The molecule has 0 saturated carbocycles. The lowest BCUT2D eigenvalue weighted by Gasteiger charge is -2.16. The number of hydrogen-bond acceptors (Lipinski definition) is 2. The van der Waals surface area contributed by atoms with E-state index in [1.54, 1.807) is 23.8 Å². The second kappa shape index (κ2) is 6.07. The molecule has 1 rings (SSSR count). The Morgan fingerprint density at radius 3 is 2.76 bits per heavy atom. The van der Waals surface area contributed by atoms with Crippen molar-refractivity contribution in [2.45, 2.75) is 45.9 Å². The summed E-state index contributed by atoms with van der Waals surface area (Å²) in [7, 11) is 0. The number of halogens is 1. The summed E-state index contributed by atoms with van der Waals surface area (Å²) in [5.41, 5.74) is 0.551. The van der Waals surface area contributed by atoms with E-state index in [9.17, 15) is 9.90 Å². The zero-order chi connectivity index (χ0) is 13.0. The molecule has 4 nitrogen and oxygen atoms in total. The molecule has 0 saturated heterocycles. The molecule has 1 amide bonds. The Hall–Kier alpha value is -1.00. The summed E-state index contributed by atoms with van der Waals surface area (Å²) in [6.45, 7) is 6.21. The van der Waals surface area contributed by atoms with Crippen molar-refractivity contribution in [3.8, 4) is 0 Å². The van der Waals surface area contributed by atoms with Crippen LogP contribution in [-0.4, -0.2) is 27.7 Å². The van der Waals surface area contributed by atoms with E-state index in [0.717, 1.165) is 0 Å². The molecule has 0 radical (unpaired) electrons. The van der Waals surface area contributed by atoms with Crippen molar-refractivity contribution in [3.05, 3.63) is 23.0 Å². The zero-order valence-electron chi connectivity index (χ0n) is 10.4. The van der Waals surface area contributed by atoms with Gasteiger partial charge in [0.25, 0.3) is 5.91 Å². The van der Waals surface area contributed by atoms with E-state index < -0.39 is 6.10 Å². The van der Waals surface area contributed by atoms with Crippen LogP contribution < -0.4 is 5.32 Å². The van der Waals surface area contributed by atoms with Crippen molar-refractivity contribution in [1.82, 2.24) is 9.88 Å². The van der Waals surface area contributed by atoms with E-state index >= 15 is 0 Å². The lowest BCUT2D eigenvalue weighted by Crippen LogP contribution is -2.35. The standard InChI is InChI=1S/C12H19ClN2O2/c1-4-15-7-10(13)6-11(15)12(17)14-8(2)5-9(3)16/h6-9,16H,4-5H2,1-3H3,(H,14,17). The molecule has 1 aromatic heterocycles. The molecule has 0 spiro atoms. The fraction of sp³-hybridized carbons (Fsp3) is 0.583. The molecule has 5 heteroatoms.